The summed E-state index contributed by atoms with van der Waals surface area (Å²) in [5.74, 6) is 0. The van der Waals surface area contributed by atoms with Crippen molar-refractivity contribution in [1.29, 1.82) is 0 Å². The van der Waals surface area contributed by atoms with Gasteiger partial charge in [0.25, 0.3) is 0 Å². The molecular formula is C15H21N3S. The van der Waals surface area contributed by atoms with E-state index in [1.165, 1.54) is 5.56 Å². The van der Waals surface area contributed by atoms with Crippen molar-refractivity contribution < 1.29 is 0 Å². The van der Waals surface area contributed by atoms with Gasteiger partial charge in [0.1, 0.15) is 0 Å². The van der Waals surface area contributed by atoms with Crippen molar-refractivity contribution in [3.63, 3.8) is 0 Å². The Morgan fingerprint density at radius 3 is 2.63 bits per heavy atom. The topological polar surface area (TPSA) is 24.0 Å². The van der Waals surface area contributed by atoms with Gasteiger partial charge in [0.2, 0.25) is 0 Å². The Balaban J connectivity index is 1.77. The first kappa shape index (κ1) is 14.0. The molecule has 1 aromatic heterocycles. The predicted octanol–water partition coefficient (Wildman–Crippen LogP) is 3.38. The predicted molar refractivity (Wildman–Crippen MR) is 81.7 cm³/mol. The van der Waals surface area contributed by atoms with Crippen molar-refractivity contribution in [2.45, 2.75) is 26.4 Å². The molecule has 2 aromatic rings. The van der Waals surface area contributed by atoms with Crippen molar-refractivity contribution in [3.8, 4) is 0 Å². The van der Waals surface area contributed by atoms with E-state index in [0.717, 1.165) is 36.5 Å². The van der Waals surface area contributed by atoms with Gasteiger partial charge in [-0.15, -0.1) is 0 Å². The van der Waals surface area contributed by atoms with Gasteiger partial charge in [0.05, 0.1) is 0 Å². The fourth-order valence-corrected chi connectivity index (χ4v) is 2.52. The fourth-order valence-electron chi connectivity index (χ4n) is 2.22. The van der Waals surface area contributed by atoms with Crippen LogP contribution in [-0.4, -0.2) is 28.0 Å². The number of hydrogen-bond donors (Lipinski definition) is 1. The molecule has 3 nitrogen and oxygen atoms in total. The molecule has 0 aliphatic carbocycles. The maximum absolute atomic E-state index is 5.25. The van der Waals surface area contributed by atoms with E-state index in [4.69, 9.17) is 12.2 Å². The highest BCUT2D eigenvalue weighted by Gasteiger charge is 2.01. The van der Waals surface area contributed by atoms with Gasteiger partial charge < -0.3 is 14.5 Å². The van der Waals surface area contributed by atoms with Crippen molar-refractivity contribution in [2.24, 2.45) is 0 Å². The highest BCUT2D eigenvalue weighted by Crippen LogP contribution is 2.04. The summed E-state index contributed by atoms with van der Waals surface area (Å²) in [6.45, 7) is 5.08. The molecule has 4 heteroatoms. The van der Waals surface area contributed by atoms with Crippen LogP contribution in [0.1, 0.15) is 17.7 Å². The SMILES string of the molecule is Cc1cn(CCCN(C)Cc2ccccc2)c(=S)[nH]1. The van der Waals surface area contributed by atoms with Gasteiger partial charge >= 0.3 is 0 Å². The van der Waals surface area contributed by atoms with E-state index in [0.29, 0.717) is 0 Å². The second kappa shape index (κ2) is 6.68. The van der Waals surface area contributed by atoms with Crippen LogP contribution in [0.25, 0.3) is 0 Å². The van der Waals surface area contributed by atoms with E-state index < -0.39 is 0 Å². The summed E-state index contributed by atoms with van der Waals surface area (Å²) >= 11 is 5.25. The number of nitrogens with zero attached hydrogens (tertiary/aromatic N) is 2. The number of aromatic amines is 1. The van der Waals surface area contributed by atoms with Gasteiger partial charge in [0.15, 0.2) is 4.77 Å². The molecule has 0 spiro atoms. The molecule has 0 amide bonds. The van der Waals surface area contributed by atoms with Gasteiger partial charge in [-0.05, 0) is 44.7 Å². The number of hydrogen-bond acceptors (Lipinski definition) is 2. The molecular weight excluding hydrogens is 254 g/mol. The van der Waals surface area contributed by atoms with Crippen LogP contribution in [0.3, 0.4) is 0 Å². The van der Waals surface area contributed by atoms with E-state index in [-0.39, 0.29) is 0 Å². The fraction of sp³-hybridized carbons (Fsp3) is 0.400. The molecule has 0 unspecified atom stereocenters. The summed E-state index contributed by atoms with van der Waals surface area (Å²) in [7, 11) is 2.16. The van der Waals surface area contributed by atoms with Crippen LogP contribution in [0.2, 0.25) is 0 Å². The smallest absolute Gasteiger partial charge is 0.177 e. The summed E-state index contributed by atoms with van der Waals surface area (Å²) in [5.41, 5.74) is 2.49. The lowest BCUT2D eigenvalue weighted by Crippen LogP contribution is -2.20. The third-order valence-corrected chi connectivity index (χ3v) is 3.49. The van der Waals surface area contributed by atoms with Crippen LogP contribution < -0.4 is 0 Å². The first-order valence-corrected chi connectivity index (χ1v) is 7.04. The molecule has 1 heterocycles. The quantitative estimate of drug-likeness (QED) is 0.817. The number of nitrogens with one attached hydrogen (secondary N) is 1. The summed E-state index contributed by atoms with van der Waals surface area (Å²) in [5, 5.41) is 0. The monoisotopic (exact) mass is 275 g/mol. The summed E-state index contributed by atoms with van der Waals surface area (Å²) in [4.78, 5) is 5.50. The van der Waals surface area contributed by atoms with E-state index in [9.17, 15) is 0 Å². The van der Waals surface area contributed by atoms with Crippen LogP contribution >= 0.6 is 12.2 Å². The molecule has 0 aliphatic rings. The Morgan fingerprint density at radius 2 is 2.00 bits per heavy atom. The van der Waals surface area contributed by atoms with Crippen LogP contribution in [0.15, 0.2) is 36.5 Å². The zero-order valence-electron chi connectivity index (χ0n) is 11.6. The van der Waals surface area contributed by atoms with Crippen LogP contribution in [0.5, 0.6) is 0 Å². The van der Waals surface area contributed by atoms with E-state index in [1.54, 1.807) is 0 Å². The van der Waals surface area contributed by atoms with Gasteiger partial charge in [0, 0.05) is 25.0 Å². The minimum Gasteiger partial charge on any atom is -0.335 e. The van der Waals surface area contributed by atoms with Gasteiger partial charge in [-0.2, -0.15) is 0 Å². The second-order valence-electron chi connectivity index (χ2n) is 5.01. The normalized spacial score (nSPS) is 11.1. The van der Waals surface area contributed by atoms with E-state index >= 15 is 0 Å². The zero-order valence-corrected chi connectivity index (χ0v) is 12.4. The van der Waals surface area contributed by atoms with Gasteiger partial charge in [-0.3, -0.25) is 0 Å². The van der Waals surface area contributed by atoms with Crippen LogP contribution in [0, 0.1) is 11.7 Å². The third kappa shape index (κ3) is 4.33. The van der Waals surface area contributed by atoms with Crippen LogP contribution in [-0.2, 0) is 13.1 Å². The lowest BCUT2D eigenvalue weighted by atomic mass is 10.2. The Kier molecular flexibility index (Phi) is 4.93. The number of benzene rings is 1. The summed E-state index contributed by atoms with van der Waals surface area (Å²) < 4.78 is 2.93. The van der Waals surface area contributed by atoms with Crippen molar-refractivity contribution in [1.82, 2.24) is 14.5 Å². The molecule has 102 valence electrons. The highest BCUT2D eigenvalue weighted by molar-refractivity contribution is 7.71. The maximum atomic E-state index is 5.25. The van der Waals surface area contributed by atoms with Crippen molar-refractivity contribution in [2.75, 3.05) is 13.6 Å². The molecule has 0 fully saturated rings. The van der Waals surface area contributed by atoms with Crippen molar-refractivity contribution in [3.05, 3.63) is 52.6 Å². The lowest BCUT2D eigenvalue weighted by molar-refractivity contribution is 0.314. The highest BCUT2D eigenvalue weighted by atomic mass is 32.1. The largest absolute Gasteiger partial charge is 0.335 e. The lowest BCUT2D eigenvalue weighted by Gasteiger charge is -2.16. The third-order valence-electron chi connectivity index (χ3n) is 3.15. The number of aromatic nitrogens is 2. The molecule has 0 aliphatic heterocycles. The average molecular weight is 275 g/mol. The second-order valence-corrected chi connectivity index (χ2v) is 5.40. The standard InChI is InChI=1S/C15H21N3S/c1-13-11-18(15(19)16-13)10-6-9-17(2)12-14-7-4-3-5-8-14/h3-5,7-8,11H,6,9-10,12H2,1-2H3,(H,16,19). The Morgan fingerprint density at radius 1 is 1.26 bits per heavy atom. The minimum absolute atomic E-state index is 0.822. The summed E-state index contributed by atoms with van der Waals surface area (Å²) in [6.07, 6.45) is 3.19. The molecule has 2 rings (SSSR count). The van der Waals surface area contributed by atoms with Gasteiger partial charge in [-0.1, -0.05) is 30.3 Å². The Labute approximate surface area is 119 Å². The average Bonchev–Trinajstić information content (AvgIpc) is 2.69. The molecule has 1 aromatic carbocycles. The zero-order chi connectivity index (χ0) is 13.7. The Hall–Kier alpha value is -1.39. The Bertz CT molecular complexity index is 556. The minimum atomic E-state index is 0.822. The van der Waals surface area contributed by atoms with Gasteiger partial charge in [-0.25, -0.2) is 0 Å². The molecule has 0 saturated carbocycles. The molecule has 0 radical (unpaired) electrons. The number of rotatable bonds is 6. The number of H-pyrrole nitrogens is 1. The molecule has 0 bridgehead atoms. The molecule has 0 atom stereocenters. The molecule has 1 N–H and O–H groups in total. The number of imidazole rings is 1. The molecule has 0 saturated heterocycles. The number of aryl methyl sites for hydroxylation is 2. The van der Waals surface area contributed by atoms with Crippen LogP contribution in [0.4, 0.5) is 0 Å². The first-order valence-electron chi connectivity index (χ1n) is 6.63. The first-order chi connectivity index (χ1) is 9.15. The molecule has 19 heavy (non-hydrogen) atoms. The van der Waals surface area contributed by atoms with Crippen molar-refractivity contribution >= 4 is 12.2 Å². The maximum Gasteiger partial charge on any atom is 0.177 e. The van der Waals surface area contributed by atoms with E-state index in [1.807, 2.05) is 6.92 Å². The van der Waals surface area contributed by atoms with E-state index in [2.05, 4.69) is 58.0 Å². The summed E-state index contributed by atoms with van der Waals surface area (Å²) in [6, 6.07) is 10.6.